The summed E-state index contributed by atoms with van der Waals surface area (Å²) in [6, 6.07) is 18.2. The molecule has 0 bridgehead atoms. The second kappa shape index (κ2) is 9.42. The normalized spacial score (nSPS) is 17.2. The minimum atomic E-state index is -0.107. The zero-order valence-corrected chi connectivity index (χ0v) is 17.3. The van der Waals surface area contributed by atoms with E-state index in [9.17, 15) is 4.79 Å². The lowest BCUT2D eigenvalue weighted by atomic mass is 10.1. The fourth-order valence-corrected chi connectivity index (χ4v) is 3.88. The molecule has 0 aliphatic carbocycles. The highest BCUT2D eigenvalue weighted by atomic mass is 32.2. The molecule has 1 saturated heterocycles. The molecule has 28 heavy (non-hydrogen) atoms. The van der Waals surface area contributed by atoms with E-state index in [4.69, 9.17) is 0 Å². The zero-order chi connectivity index (χ0) is 19.9. The summed E-state index contributed by atoms with van der Waals surface area (Å²) < 4.78 is 0. The molecule has 1 fully saturated rings. The smallest absolute Gasteiger partial charge is 0.264 e. The molecule has 0 unspecified atom stereocenters. The van der Waals surface area contributed by atoms with Crippen LogP contribution in [0.4, 0.5) is 11.4 Å². The maximum Gasteiger partial charge on any atom is 0.264 e. The molecule has 2 aromatic carbocycles. The number of aliphatic imine (C=N–C) groups is 1. The van der Waals surface area contributed by atoms with E-state index < -0.39 is 0 Å². The van der Waals surface area contributed by atoms with Crippen LogP contribution in [0.5, 0.6) is 0 Å². The number of nitrogens with zero attached hydrogens (tertiary/aromatic N) is 2. The Hall–Kier alpha value is -2.79. The number of carbonyl (C=O) groups is 1. The van der Waals surface area contributed by atoms with Crippen molar-refractivity contribution in [2.45, 2.75) is 20.8 Å². The Bertz CT molecular complexity index is 911. The van der Waals surface area contributed by atoms with Crippen LogP contribution in [0.1, 0.15) is 26.3 Å². The molecule has 0 aromatic heterocycles. The first-order valence-corrected chi connectivity index (χ1v) is 10.3. The average molecular weight is 392 g/mol. The highest BCUT2D eigenvalue weighted by Gasteiger charge is 2.23. The van der Waals surface area contributed by atoms with Gasteiger partial charge in [-0.05, 0) is 74.0 Å². The molecular formula is C23H25N3OS. The average Bonchev–Trinajstić information content (AvgIpc) is 3.03. The van der Waals surface area contributed by atoms with E-state index in [1.807, 2.05) is 55.5 Å². The Morgan fingerprint density at radius 3 is 2.39 bits per heavy atom. The minimum Gasteiger partial charge on any atom is -0.372 e. The van der Waals surface area contributed by atoms with Crippen LogP contribution in [0.3, 0.4) is 0 Å². The van der Waals surface area contributed by atoms with Crippen molar-refractivity contribution in [3.8, 4) is 0 Å². The van der Waals surface area contributed by atoms with Gasteiger partial charge in [-0.2, -0.15) is 0 Å². The number of amides is 1. The molecule has 1 aliphatic rings. The van der Waals surface area contributed by atoms with Crippen LogP contribution < -0.4 is 10.2 Å². The monoisotopic (exact) mass is 391 g/mol. The summed E-state index contributed by atoms with van der Waals surface area (Å²) in [6.07, 6.45) is 3.96. The van der Waals surface area contributed by atoms with Crippen molar-refractivity contribution in [3.05, 3.63) is 76.7 Å². The van der Waals surface area contributed by atoms with Gasteiger partial charge in [0.2, 0.25) is 0 Å². The van der Waals surface area contributed by atoms with Crippen LogP contribution in [-0.4, -0.2) is 24.2 Å². The van der Waals surface area contributed by atoms with Gasteiger partial charge >= 0.3 is 0 Å². The molecular weight excluding hydrogens is 366 g/mol. The number of thioether (sulfide) groups is 1. The van der Waals surface area contributed by atoms with Gasteiger partial charge < -0.3 is 10.2 Å². The number of carbonyl (C=O) groups excluding carboxylic acids is 1. The molecule has 1 heterocycles. The van der Waals surface area contributed by atoms with Crippen molar-refractivity contribution in [3.63, 3.8) is 0 Å². The van der Waals surface area contributed by atoms with Crippen molar-refractivity contribution < 1.29 is 4.79 Å². The van der Waals surface area contributed by atoms with E-state index in [-0.39, 0.29) is 5.91 Å². The molecule has 1 aliphatic heterocycles. The van der Waals surface area contributed by atoms with Gasteiger partial charge in [0.05, 0.1) is 10.6 Å². The Labute approximate surface area is 171 Å². The summed E-state index contributed by atoms with van der Waals surface area (Å²) in [5, 5.41) is 3.46. The molecule has 2 aromatic rings. The molecule has 144 valence electrons. The largest absolute Gasteiger partial charge is 0.372 e. The number of amidine groups is 1. The van der Waals surface area contributed by atoms with Crippen LogP contribution in [0.25, 0.3) is 6.08 Å². The van der Waals surface area contributed by atoms with E-state index in [2.05, 4.69) is 47.3 Å². The van der Waals surface area contributed by atoms with E-state index >= 15 is 0 Å². The van der Waals surface area contributed by atoms with Gasteiger partial charge in [-0.25, -0.2) is 4.99 Å². The van der Waals surface area contributed by atoms with Crippen LogP contribution >= 0.6 is 11.8 Å². The number of anilines is 1. The number of nitrogens with one attached hydrogen (secondary N) is 1. The molecule has 3 rings (SSSR count). The van der Waals surface area contributed by atoms with Gasteiger partial charge in [-0.1, -0.05) is 36.4 Å². The topological polar surface area (TPSA) is 44.7 Å². The van der Waals surface area contributed by atoms with Crippen LogP contribution in [0, 0.1) is 0 Å². The number of benzene rings is 2. The second-order valence-electron chi connectivity index (χ2n) is 6.47. The van der Waals surface area contributed by atoms with E-state index in [1.165, 1.54) is 17.4 Å². The molecule has 0 atom stereocenters. The first-order valence-electron chi connectivity index (χ1n) is 9.47. The molecule has 0 saturated carbocycles. The summed E-state index contributed by atoms with van der Waals surface area (Å²) in [6.45, 7) is 8.23. The number of rotatable bonds is 6. The molecule has 1 amide bonds. The van der Waals surface area contributed by atoms with Gasteiger partial charge in [0.25, 0.3) is 5.91 Å². The van der Waals surface area contributed by atoms with E-state index in [1.54, 1.807) is 0 Å². The summed E-state index contributed by atoms with van der Waals surface area (Å²) in [4.78, 5) is 19.8. The van der Waals surface area contributed by atoms with Crippen molar-refractivity contribution in [1.29, 1.82) is 0 Å². The SMILES string of the molecule is CCN(CC)c1ccc(N=C2NC(=O)/C(=C/C(C)=C/c3ccccc3)S2)cc1. The second-order valence-corrected chi connectivity index (χ2v) is 7.50. The first kappa shape index (κ1) is 20.0. The summed E-state index contributed by atoms with van der Waals surface area (Å²) in [7, 11) is 0. The van der Waals surface area contributed by atoms with Gasteiger partial charge in [0.1, 0.15) is 0 Å². The third-order valence-corrected chi connectivity index (χ3v) is 5.32. The van der Waals surface area contributed by atoms with Crippen molar-refractivity contribution in [2.75, 3.05) is 18.0 Å². The molecule has 0 spiro atoms. The third-order valence-electron chi connectivity index (χ3n) is 4.41. The standard InChI is InChI=1S/C23H25N3OS/c1-4-26(5-2)20-13-11-19(12-14-20)24-23-25-22(27)21(28-23)16-17(3)15-18-9-7-6-8-10-18/h6-16H,4-5H2,1-3H3,(H,24,25,27)/b17-15+,21-16-. The zero-order valence-electron chi connectivity index (χ0n) is 16.5. The van der Waals surface area contributed by atoms with Crippen molar-refractivity contribution >= 4 is 40.3 Å². The number of allylic oxidation sites excluding steroid dienone is 2. The Morgan fingerprint density at radius 2 is 1.75 bits per heavy atom. The first-order chi connectivity index (χ1) is 13.6. The molecule has 5 heteroatoms. The van der Waals surface area contributed by atoms with Gasteiger partial charge in [0.15, 0.2) is 5.17 Å². The highest BCUT2D eigenvalue weighted by molar-refractivity contribution is 8.18. The third kappa shape index (κ3) is 5.14. The van der Waals surface area contributed by atoms with E-state index in [0.717, 1.165) is 29.9 Å². The van der Waals surface area contributed by atoms with E-state index in [0.29, 0.717) is 10.1 Å². The maximum absolute atomic E-state index is 12.3. The van der Waals surface area contributed by atoms with Crippen molar-refractivity contribution in [2.24, 2.45) is 4.99 Å². The predicted octanol–water partition coefficient (Wildman–Crippen LogP) is 5.37. The molecule has 1 N–H and O–H groups in total. The Kier molecular flexibility index (Phi) is 6.71. The summed E-state index contributed by atoms with van der Waals surface area (Å²) in [5.41, 5.74) is 4.15. The van der Waals surface area contributed by atoms with Gasteiger partial charge in [-0.15, -0.1) is 0 Å². The van der Waals surface area contributed by atoms with Gasteiger partial charge in [-0.3, -0.25) is 4.79 Å². The van der Waals surface area contributed by atoms with Crippen LogP contribution in [0.15, 0.2) is 76.1 Å². The number of hydrogen-bond donors (Lipinski definition) is 1. The quantitative estimate of drug-likeness (QED) is 0.673. The predicted molar refractivity (Wildman–Crippen MR) is 121 cm³/mol. The lowest BCUT2D eigenvalue weighted by molar-refractivity contribution is -0.115. The van der Waals surface area contributed by atoms with Crippen LogP contribution in [-0.2, 0) is 4.79 Å². The highest BCUT2D eigenvalue weighted by Crippen LogP contribution is 2.28. The molecule has 4 nitrogen and oxygen atoms in total. The fraction of sp³-hybridized carbons (Fsp3) is 0.217. The Balaban J connectivity index is 1.72. The van der Waals surface area contributed by atoms with Crippen molar-refractivity contribution in [1.82, 2.24) is 5.32 Å². The minimum absolute atomic E-state index is 0.107. The Morgan fingerprint density at radius 1 is 1.07 bits per heavy atom. The molecule has 0 radical (unpaired) electrons. The lowest BCUT2D eigenvalue weighted by Gasteiger charge is -2.20. The maximum atomic E-state index is 12.3. The summed E-state index contributed by atoms with van der Waals surface area (Å²) >= 11 is 1.37. The number of hydrogen-bond acceptors (Lipinski definition) is 4. The summed E-state index contributed by atoms with van der Waals surface area (Å²) in [5.74, 6) is -0.107. The fourth-order valence-electron chi connectivity index (χ4n) is 2.99. The lowest BCUT2D eigenvalue weighted by Crippen LogP contribution is -2.21. The van der Waals surface area contributed by atoms with Crippen LogP contribution in [0.2, 0.25) is 0 Å². The van der Waals surface area contributed by atoms with Gasteiger partial charge in [0, 0.05) is 18.8 Å².